The minimum atomic E-state index is 0.230. The number of hydrogen-bond acceptors (Lipinski definition) is 3. The molecule has 0 bridgehead atoms. The number of rotatable bonds is 7. The van der Waals surface area contributed by atoms with Crippen molar-refractivity contribution in [2.24, 2.45) is 0 Å². The molecule has 3 nitrogen and oxygen atoms in total. The molecule has 1 heterocycles. The van der Waals surface area contributed by atoms with Gasteiger partial charge in [0.25, 0.3) is 0 Å². The summed E-state index contributed by atoms with van der Waals surface area (Å²) in [4.78, 5) is 4.53. The van der Waals surface area contributed by atoms with Crippen LogP contribution in [0.4, 0.5) is 0 Å². The molecule has 1 N–H and O–H groups in total. The summed E-state index contributed by atoms with van der Waals surface area (Å²) in [6.07, 6.45) is 4.83. The lowest BCUT2D eigenvalue weighted by Crippen LogP contribution is -2.16. The van der Waals surface area contributed by atoms with Gasteiger partial charge in [-0.25, -0.2) is 4.98 Å². The summed E-state index contributed by atoms with van der Waals surface area (Å²) in [5, 5.41) is 3.54. The van der Waals surface area contributed by atoms with Gasteiger partial charge >= 0.3 is 0 Å². The molecular formula is C15H24N2O. The van der Waals surface area contributed by atoms with Crippen LogP contribution in [0.25, 0.3) is 0 Å². The summed E-state index contributed by atoms with van der Waals surface area (Å²) in [5.41, 5.74) is 2.40. The van der Waals surface area contributed by atoms with Crippen molar-refractivity contribution in [2.45, 2.75) is 65.1 Å². The van der Waals surface area contributed by atoms with Crippen LogP contribution in [0, 0.1) is 0 Å². The average molecular weight is 248 g/mol. The first-order chi connectivity index (χ1) is 8.71. The summed E-state index contributed by atoms with van der Waals surface area (Å²) in [5.74, 6) is 0.774. The molecule has 3 heteroatoms. The molecule has 1 aliphatic carbocycles. The van der Waals surface area contributed by atoms with Crippen LogP contribution >= 0.6 is 0 Å². The van der Waals surface area contributed by atoms with Gasteiger partial charge in [-0.1, -0.05) is 13.8 Å². The normalized spacial score (nSPS) is 16.6. The Bertz CT molecular complexity index is 388. The van der Waals surface area contributed by atoms with Gasteiger partial charge in [0.2, 0.25) is 5.88 Å². The van der Waals surface area contributed by atoms with E-state index in [0.29, 0.717) is 0 Å². The second-order valence-corrected chi connectivity index (χ2v) is 5.15. The Balaban J connectivity index is 2.04. The van der Waals surface area contributed by atoms with Gasteiger partial charge < -0.3 is 10.1 Å². The molecule has 1 aromatic rings. The molecule has 2 rings (SSSR count). The van der Waals surface area contributed by atoms with Gasteiger partial charge in [-0.2, -0.15) is 0 Å². The maximum Gasteiger partial charge on any atom is 0.214 e. The summed E-state index contributed by atoms with van der Waals surface area (Å²) in [6, 6.07) is 4.99. The summed E-state index contributed by atoms with van der Waals surface area (Å²) in [6.45, 7) is 7.27. The first-order valence-corrected chi connectivity index (χ1v) is 7.11. The fourth-order valence-electron chi connectivity index (χ4n) is 1.80. The van der Waals surface area contributed by atoms with Crippen LogP contribution in [-0.4, -0.2) is 17.1 Å². The third-order valence-corrected chi connectivity index (χ3v) is 3.35. The van der Waals surface area contributed by atoms with E-state index in [0.717, 1.165) is 37.0 Å². The maximum atomic E-state index is 5.83. The van der Waals surface area contributed by atoms with Crippen LogP contribution in [0.15, 0.2) is 12.1 Å². The molecule has 0 spiro atoms. The fourth-order valence-corrected chi connectivity index (χ4v) is 1.80. The predicted molar refractivity (Wildman–Crippen MR) is 73.9 cm³/mol. The van der Waals surface area contributed by atoms with Crippen molar-refractivity contribution in [3.8, 4) is 5.88 Å². The molecule has 0 aliphatic heterocycles. The van der Waals surface area contributed by atoms with Crippen LogP contribution in [-0.2, 0) is 13.0 Å². The highest BCUT2D eigenvalue weighted by Crippen LogP contribution is 2.21. The topological polar surface area (TPSA) is 34.1 Å². The minimum Gasteiger partial charge on any atom is -0.475 e. The van der Waals surface area contributed by atoms with Crippen molar-refractivity contribution in [3.05, 3.63) is 23.4 Å². The number of pyridine rings is 1. The van der Waals surface area contributed by atoms with Gasteiger partial charge in [-0.05, 0) is 44.2 Å². The van der Waals surface area contributed by atoms with Crippen LogP contribution in [0.1, 0.15) is 51.3 Å². The van der Waals surface area contributed by atoms with Gasteiger partial charge in [0, 0.05) is 24.3 Å². The SMILES string of the molecule is CCc1cc(CNC2CC2)cc(OC(C)CC)n1. The highest BCUT2D eigenvalue weighted by atomic mass is 16.5. The van der Waals surface area contributed by atoms with Gasteiger partial charge in [0.1, 0.15) is 0 Å². The van der Waals surface area contributed by atoms with Crippen molar-refractivity contribution in [1.29, 1.82) is 0 Å². The van der Waals surface area contributed by atoms with Crippen molar-refractivity contribution >= 4 is 0 Å². The van der Waals surface area contributed by atoms with Gasteiger partial charge in [-0.3, -0.25) is 0 Å². The van der Waals surface area contributed by atoms with Gasteiger partial charge in [0.15, 0.2) is 0 Å². The van der Waals surface area contributed by atoms with Crippen LogP contribution < -0.4 is 10.1 Å². The van der Waals surface area contributed by atoms with Crippen molar-refractivity contribution < 1.29 is 4.74 Å². The zero-order valence-corrected chi connectivity index (χ0v) is 11.7. The molecule has 1 atom stereocenters. The molecule has 0 amide bonds. The first kappa shape index (κ1) is 13.3. The molecule has 1 aliphatic rings. The third kappa shape index (κ3) is 3.98. The Morgan fingerprint density at radius 2 is 2.17 bits per heavy atom. The molecule has 0 aromatic carbocycles. The lowest BCUT2D eigenvalue weighted by atomic mass is 10.2. The molecule has 0 saturated heterocycles. The molecular weight excluding hydrogens is 224 g/mol. The van der Waals surface area contributed by atoms with Crippen molar-refractivity contribution in [3.63, 3.8) is 0 Å². The van der Waals surface area contributed by atoms with E-state index in [1.165, 1.54) is 18.4 Å². The maximum absolute atomic E-state index is 5.83. The molecule has 1 saturated carbocycles. The van der Waals surface area contributed by atoms with E-state index < -0.39 is 0 Å². The Morgan fingerprint density at radius 3 is 2.78 bits per heavy atom. The Kier molecular flexibility index (Phi) is 4.59. The second-order valence-electron chi connectivity index (χ2n) is 5.15. The molecule has 0 radical (unpaired) electrons. The number of nitrogens with zero attached hydrogens (tertiary/aromatic N) is 1. The van der Waals surface area contributed by atoms with Gasteiger partial charge in [-0.15, -0.1) is 0 Å². The van der Waals surface area contributed by atoms with Crippen LogP contribution in [0.3, 0.4) is 0 Å². The van der Waals surface area contributed by atoms with Crippen LogP contribution in [0.5, 0.6) is 5.88 Å². The van der Waals surface area contributed by atoms with E-state index in [4.69, 9.17) is 4.74 Å². The Hall–Kier alpha value is -1.09. The smallest absolute Gasteiger partial charge is 0.214 e. The molecule has 1 aromatic heterocycles. The summed E-state index contributed by atoms with van der Waals surface area (Å²) < 4.78 is 5.83. The van der Waals surface area contributed by atoms with E-state index in [1.54, 1.807) is 0 Å². The second kappa shape index (κ2) is 6.19. The monoisotopic (exact) mass is 248 g/mol. The highest BCUT2D eigenvalue weighted by Gasteiger charge is 2.20. The standard InChI is InChI=1S/C15H24N2O/c1-4-11(3)18-15-9-12(8-13(5-2)17-15)10-16-14-6-7-14/h8-9,11,14,16H,4-7,10H2,1-3H3. The average Bonchev–Trinajstić information content (AvgIpc) is 3.20. The largest absolute Gasteiger partial charge is 0.475 e. The molecule has 100 valence electrons. The number of nitrogens with one attached hydrogen (secondary N) is 1. The predicted octanol–water partition coefficient (Wildman–Crippen LogP) is 3.07. The molecule has 1 unspecified atom stereocenters. The highest BCUT2D eigenvalue weighted by molar-refractivity contribution is 5.25. The van der Waals surface area contributed by atoms with E-state index in [-0.39, 0.29) is 6.10 Å². The Morgan fingerprint density at radius 1 is 1.39 bits per heavy atom. The summed E-state index contributed by atoms with van der Waals surface area (Å²) in [7, 11) is 0. The van der Waals surface area contributed by atoms with E-state index >= 15 is 0 Å². The van der Waals surface area contributed by atoms with E-state index in [9.17, 15) is 0 Å². The summed E-state index contributed by atoms with van der Waals surface area (Å²) >= 11 is 0. The van der Waals surface area contributed by atoms with Crippen molar-refractivity contribution in [1.82, 2.24) is 10.3 Å². The van der Waals surface area contributed by atoms with Gasteiger partial charge in [0.05, 0.1) is 6.10 Å². The molecule has 18 heavy (non-hydrogen) atoms. The number of aromatic nitrogens is 1. The quantitative estimate of drug-likeness (QED) is 0.805. The van der Waals surface area contributed by atoms with Crippen LogP contribution in [0.2, 0.25) is 0 Å². The third-order valence-electron chi connectivity index (χ3n) is 3.35. The minimum absolute atomic E-state index is 0.230. The lowest BCUT2D eigenvalue weighted by molar-refractivity contribution is 0.208. The van der Waals surface area contributed by atoms with Crippen molar-refractivity contribution in [2.75, 3.05) is 0 Å². The lowest BCUT2D eigenvalue weighted by Gasteiger charge is -2.14. The Labute approximate surface area is 110 Å². The zero-order chi connectivity index (χ0) is 13.0. The molecule has 1 fully saturated rings. The fraction of sp³-hybridized carbons (Fsp3) is 0.667. The van der Waals surface area contributed by atoms with E-state index in [2.05, 4.69) is 43.2 Å². The first-order valence-electron chi connectivity index (χ1n) is 7.11. The zero-order valence-electron chi connectivity index (χ0n) is 11.7. The number of ether oxygens (including phenoxy) is 1. The number of hydrogen-bond donors (Lipinski definition) is 1. The number of aryl methyl sites for hydroxylation is 1. The van der Waals surface area contributed by atoms with E-state index in [1.807, 2.05) is 0 Å².